The molecule has 0 saturated carbocycles. The van der Waals surface area contributed by atoms with E-state index in [1.54, 1.807) is 31.2 Å². The Hall–Kier alpha value is -2.58. The molecular formula is C13H13F3N4O2. The second kappa shape index (κ2) is 5.66. The molecule has 2 rings (SSSR count). The van der Waals surface area contributed by atoms with Crippen LogP contribution in [-0.2, 0) is 24.6 Å². The number of rotatable bonds is 3. The maximum atomic E-state index is 12.6. The highest BCUT2D eigenvalue weighted by molar-refractivity contribution is 5.91. The summed E-state index contributed by atoms with van der Waals surface area (Å²) >= 11 is 0. The molecule has 1 aromatic heterocycles. The first-order valence-corrected chi connectivity index (χ1v) is 6.26. The van der Waals surface area contributed by atoms with Gasteiger partial charge in [0.2, 0.25) is 11.7 Å². The maximum Gasteiger partial charge on any atom is 0.451 e. The molecule has 1 heterocycles. The van der Waals surface area contributed by atoms with Gasteiger partial charge < -0.3 is 5.32 Å². The Morgan fingerprint density at radius 1 is 1.32 bits per heavy atom. The minimum atomic E-state index is -4.76. The van der Waals surface area contributed by atoms with E-state index in [4.69, 9.17) is 0 Å². The quantitative estimate of drug-likeness (QED) is 0.934. The van der Waals surface area contributed by atoms with Crippen LogP contribution >= 0.6 is 0 Å². The number of aryl methyl sites for hydroxylation is 1. The number of nitrogens with one attached hydrogen (secondary N) is 1. The number of anilines is 1. The van der Waals surface area contributed by atoms with Crippen molar-refractivity contribution in [1.29, 1.82) is 0 Å². The fourth-order valence-electron chi connectivity index (χ4n) is 1.88. The van der Waals surface area contributed by atoms with Crippen molar-refractivity contribution in [3.63, 3.8) is 0 Å². The highest BCUT2D eigenvalue weighted by Crippen LogP contribution is 2.26. The van der Waals surface area contributed by atoms with Crippen LogP contribution in [0.15, 0.2) is 29.1 Å². The third-order valence-electron chi connectivity index (χ3n) is 3.01. The average Bonchev–Trinajstić information content (AvgIpc) is 2.69. The number of hydrogen-bond donors (Lipinski definition) is 1. The first-order chi connectivity index (χ1) is 10.2. The largest absolute Gasteiger partial charge is 0.451 e. The van der Waals surface area contributed by atoms with Gasteiger partial charge in [0.25, 0.3) is 0 Å². The second-order valence-corrected chi connectivity index (χ2v) is 4.68. The summed E-state index contributed by atoms with van der Waals surface area (Å²) in [6.45, 7) is 1.17. The summed E-state index contributed by atoms with van der Waals surface area (Å²) in [5, 5.41) is 5.69. The lowest BCUT2D eigenvalue weighted by Gasteiger charge is -2.07. The Labute approximate surface area is 123 Å². The third-order valence-corrected chi connectivity index (χ3v) is 3.01. The fourth-order valence-corrected chi connectivity index (χ4v) is 1.88. The second-order valence-electron chi connectivity index (χ2n) is 4.68. The number of carbonyl (C=O) groups excluding carboxylic acids is 1. The molecule has 0 spiro atoms. The Balaban J connectivity index is 2.20. The van der Waals surface area contributed by atoms with Crippen molar-refractivity contribution in [3.05, 3.63) is 46.1 Å². The van der Waals surface area contributed by atoms with Gasteiger partial charge in [-0.05, 0) is 18.6 Å². The molecule has 0 aliphatic rings. The number of hydrogen-bond acceptors (Lipinski definition) is 3. The minimum Gasteiger partial charge on any atom is -0.324 e. The van der Waals surface area contributed by atoms with E-state index >= 15 is 0 Å². The number of carbonyl (C=O) groups is 1. The van der Waals surface area contributed by atoms with E-state index in [0.717, 1.165) is 12.6 Å². The molecule has 0 unspecified atom stereocenters. The van der Waals surface area contributed by atoms with Gasteiger partial charge >= 0.3 is 11.9 Å². The van der Waals surface area contributed by atoms with Crippen molar-refractivity contribution < 1.29 is 18.0 Å². The Kier molecular flexibility index (Phi) is 4.07. The fraction of sp³-hybridized carbons (Fsp3) is 0.308. The first-order valence-electron chi connectivity index (χ1n) is 6.26. The zero-order chi connectivity index (χ0) is 16.5. The topological polar surface area (TPSA) is 68.9 Å². The van der Waals surface area contributed by atoms with Crippen molar-refractivity contribution in [1.82, 2.24) is 14.3 Å². The van der Waals surface area contributed by atoms with Gasteiger partial charge in [0, 0.05) is 12.7 Å². The van der Waals surface area contributed by atoms with Gasteiger partial charge in [-0.3, -0.25) is 9.36 Å². The van der Waals surface area contributed by atoms with Crippen LogP contribution in [0.2, 0.25) is 0 Å². The molecule has 118 valence electrons. The highest BCUT2D eigenvalue weighted by Gasteiger charge is 2.38. The molecule has 6 nitrogen and oxygen atoms in total. The lowest BCUT2D eigenvalue weighted by molar-refractivity contribution is -0.147. The standard InChI is InChI=1S/C13H13F3N4O2/c1-8-5-3-4-6-9(8)17-10(21)7-20-12(22)19(2)11(18-20)13(14,15)16/h3-6H,7H2,1-2H3,(H,17,21). The molecule has 0 saturated heterocycles. The van der Waals surface area contributed by atoms with E-state index in [9.17, 15) is 22.8 Å². The molecule has 22 heavy (non-hydrogen) atoms. The molecule has 0 fully saturated rings. The molecule has 0 aliphatic heterocycles. The monoisotopic (exact) mass is 314 g/mol. The van der Waals surface area contributed by atoms with Crippen molar-refractivity contribution in [3.8, 4) is 0 Å². The minimum absolute atomic E-state index is 0.362. The molecule has 2 aromatic rings. The number of amides is 1. The zero-order valence-corrected chi connectivity index (χ0v) is 11.8. The molecule has 0 bridgehead atoms. The van der Waals surface area contributed by atoms with Crippen LogP contribution in [0.25, 0.3) is 0 Å². The van der Waals surface area contributed by atoms with Crippen molar-refractivity contribution in [2.24, 2.45) is 7.05 Å². The first kappa shape index (κ1) is 15.8. The van der Waals surface area contributed by atoms with E-state index < -0.39 is 30.1 Å². The maximum absolute atomic E-state index is 12.6. The number of para-hydroxylation sites is 1. The SMILES string of the molecule is Cc1ccccc1NC(=O)Cn1nc(C(F)(F)F)n(C)c1=O. The van der Waals surface area contributed by atoms with E-state index in [1.807, 2.05) is 0 Å². The van der Waals surface area contributed by atoms with Crippen LogP contribution in [0.3, 0.4) is 0 Å². The van der Waals surface area contributed by atoms with Crippen LogP contribution in [0.5, 0.6) is 0 Å². The van der Waals surface area contributed by atoms with Gasteiger partial charge in [-0.1, -0.05) is 18.2 Å². The number of alkyl halides is 3. The highest BCUT2D eigenvalue weighted by atomic mass is 19.4. The van der Waals surface area contributed by atoms with Crippen molar-refractivity contribution in [2.45, 2.75) is 19.6 Å². The summed E-state index contributed by atoms with van der Waals surface area (Å²) in [7, 11) is 0.952. The lowest BCUT2D eigenvalue weighted by Crippen LogP contribution is -2.29. The Morgan fingerprint density at radius 2 is 1.95 bits per heavy atom. The summed E-state index contributed by atoms with van der Waals surface area (Å²) in [4.78, 5) is 23.5. The molecule has 0 radical (unpaired) electrons. The number of halogens is 3. The molecular weight excluding hydrogens is 301 g/mol. The predicted octanol–water partition coefficient (Wildman–Crippen LogP) is 1.55. The summed E-state index contributed by atoms with van der Waals surface area (Å²) < 4.78 is 38.8. The van der Waals surface area contributed by atoms with Gasteiger partial charge in [0.1, 0.15) is 6.54 Å². The Morgan fingerprint density at radius 3 is 2.50 bits per heavy atom. The summed E-state index contributed by atoms with van der Waals surface area (Å²) in [5.74, 6) is -1.98. The van der Waals surface area contributed by atoms with E-state index in [0.29, 0.717) is 14.9 Å². The molecule has 1 N–H and O–H groups in total. The van der Waals surface area contributed by atoms with Crippen LogP contribution < -0.4 is 11.0 Å². The van der Waals surface area contributed by atoms with E-state index in [1.165, 1.54) is 0 Å². The molecule has 0 atom stereocenters. The summed E-state index contributed by atoms with van der Waals surface area (Å²) in [5.41, 5.74) is 0.306. The van der Waals surface area contributed by atoms with E-state index in [-0.39, 0.29) is 0 Å². The van der Waals surface area contributed by atoms with Gasteiger partial charge in [-0.15, -0.1) is 5.10 Å². The number of nitrogens with zero attached hydrogens (tertiary/aromatic N) is 3. The third kappa shape index (κ3) is 3.18. The van der Waals surface area contributed by atoms with Crippen LogP contribution in [0.4, 0.5) is 18.9 Å². The van der Waals surface area contributed by atoms with Crippen molar-refractivity contribution in [2.75, 3.05) is 5.32 Å². The normalized spacial score (nSPS) is 11.5. The van der Waals surface area contributed by atoms with Gasteiger partial charge in [0.15, 0.2) is 0 Å². The van der Waals surface area contributed by atoms with Gasteiger partial charge in [-0.2, -0.15) is 13.2 Å². The smallest absolute Gasteiger partial charge is 0.324 e. The summed E-state index contributed by atoms with van der Waals surface area (Å²) in [6.07, 6.45) is -4.76. The van der Waals surface area contributed by atoms with E-state index in [2.05, 4.69) is 10.4 Å². The zero-order valence-electron chi connectivity index (χ0n) is 11.8. The molecule has 1 aromatic carbocycles. The van der Waals surface area contributed by atoms with Crippen molar-refractivity contribution >= 4 is 11.6 Å². The van der Waals surface area contributed by atoms with Crippen LogP contribution in [0, 0.1) is 6.92 Å². The molecule has 9 heteroatoms. The van der Waals surface area contributed by atoms with Crippen LogP contribution in [-0.4, -0.2) is 20.3 Å². The molecule has 0 aliphatic carbocycles. The predicted molar refractivity (Wildman–Crippen MR) is 72.3 cm³/mol. The Bertz CT molecular complexity index is 761. The summed E-state index contributed by atoms with van der Waals surface area (Å²) in [6, 6.07) is 6.90. The number of benzene rings is 1. The van der Waals surface area contributed by atoms with Crippen LogP contribution in [0.1, 0.15) is 11.4 Å². The van der Waals surface area contributed by atoms with Gasteiger partial charge in [0.05, 0.1) is 0 Å². The average molecular weight is 314 g/mol. The van der Waals surface area contributed by atoms with Gasteiger partial charge in [-0.25, -0.2) is 9.48 Å². The molecule has 1 amide bonds. The number of aromatic nitrogens is 3. The lowest BCUT2D eigenvalue weighted by atomic mass is 10.2.